The maximum atomic E-state index is 11.8. The molecule has 4 nitrogen and oxygen atoms in total. The first-order chi connectivity index (χ1) is 7.71. The molecule has 0 atom stereocenters. The summed E-state index contributed by atoms with van der Waals surface area (Å²) in [6.45, 7) is -0.716. The van der Waals surface area contributed by atoms with Crippen LogP contribution in [0, 0.1) is 0 Å². The molecule has 0 aliphatic rings. The molecular formula is C8H8ClF3N2O2S. The molecule has 0 aliphatic heterocycles. The van der Waals surface area contributed by atoms with Crippen molar-refractivity contribution in [3.63, 3.8) is 0 Å². The van der Waals surface area contributed by atoms with Gasteiger partial charge in [-0.25, -0.2) is 18.1 Å². The summed E-state index contributed by atoms with van der Waals surface area (Å²) in [4.78, 5) is 3.34. The number of hydrogen-bond acceptors (Lipinski definition) is 3. The van der Waals surface area contributed by atoms with Gasteiger partial charge in [0.25, 0.3) is 0 Å². The van der Waals surface area contributed by atoms with E-state index in [-0.39, 0.29) is 10.0 Å². The molecular weight excluding hydrogens is 281 g/mol. The van der Waals surface area contributed by atoms with Gasteiger partial charge in [0.05, 0.1) is 11.3 Å². The number of pyridine rings is 1. The second-order valence-electron chi connectivity index (χ2n) is 3.08. The molecule has 0 spiro atoms. The van der Waals surface area contributed by atoms with E-state index < -0.39 is 29.2 Å². The minimum Gasteiger partial charge on any atom is -0.244 e. The monoisotopic (exact) mass is 288 g/mol. The van der Waals surface area contributed by atoms with Crippen LogP contribution in [-0.2, 0) is 10.0 Å². The minimum absolute atomic E-state index is 0.0521. The van der Waals surface area contributed by atoms with Gasteiger partial charge in [0.2, 0.25) is 10.0 Å². The highest BCUT2D eigenvalue weighted by molar-refractivity contribution is 7.89. The second kappa shape index (κ2) is 5.19. The maximum absolute atomic E-state index is 11.8. The van der Waals surface area contributed by atoms with Crippen LogP contribution in [0.15, 0.2) is 23.2 Å². The lowest BCUT2D eigenvalue weighted by Gasteiger charge is -2.08. The average Bonchev–Trinajstić information content (AvgIpc) is 2.15. The molecule has 0 bridgehead atoms. The number of sulfonamides is 1. The molecule has 9 heteroatoms. The Balaban J connectivity index is 2.70. The maximum Gasteiger partial charge on any atom is 0.390 e. The van der Waals surface area contributed by atoms with Crippen molar-refractivity contribution in [2.75, 3.05) is 6.54 Å². The number of nitrogens with zero attached hydrogens (tertiary/aromatic N) is 1. The van der Waals surface area contributed by atoms with Gasteiger partial charge in [-0.2, -0.15) is 13.2 Å². The number of aromatic nitrogens is 1. The lowest BCUT2D eigenvalue weighted by Crippen LogP contribution is -2.28. The third-order valence-corrected chi connectivity index (χ3v) is 3.37. The highest BCUT2D eigenvalue weighted by Crippen LogP contribution is 2.19. The van der Waals surface area contributed by atoms with Crippen molar-refractivity contribution in [1.82, 2.24) is 9.71 Å². The fourth-order valence-corrected chi connectivity index (χ4v) is 2.25. The van der Waals surface area contributed by atoms with Crippen molar-refractivity contribution >= 4 is 21.6 Å². The highest BCUT2D eigenvalue weighted by atomic mass is 35.5. The predicted octanol–water partition coefficient (Wildman–Crippen LogP) is 1.97. The lowest BCUT2D eigenvalue weighted by molar-refractivity contribution is -0.132. The molecule has 0 aromatic carbocycles. The molecule has 0 fully saturated rings. The van der Waals surface area contributed by atoms with Gasteiger partial charge >= 0.3 is 6.18 Å². The molecule has 1 heterocycles. The number of nitrogens with one attached hydrogen (secondary N) is 1. The van der Waals surface area contributed by atoms with E-state index >= 15 is 0 Å². The number of hydrogen-bond donors (Lipinski definition) is 1. The van der Waals surface area contributed by atoms with E-state index in [1.165, 1.54) is 0 Å². The fourth-order valence-electron chi connectivity index (χ4n) is 0.962. The highest BCUT2D eigenvalue weighted by Gasteiger charge is 2.27. The van der Waals surface area contributed by atoms with Crippen LogP contribution < -0.4 is 4.72 Å². The van der Waals surface area contributed by atoms with Gasteiger partial charge in [-0.05, 0) is 12.1 Å². The van der Waals surface area contributed by atoms with Gasteiger partial charge in [-0.15, -0.1) is 0 Å². The van der Waals surface area contributed by atoms with Crippen LogP contribution in [0.5, 0.6) is 0 Å². The molecule has 1 rings (SSSR count). The Bertz CT molecular complexity index is 490. The molecule has 0 saturated carbocycles. The van der Waals surface area contributed by atoms with Gasteiger partial charge in [0, 0.05) is 12.7 Å². The van der Waals surface area contributed by atoms with Crippen LogP contribution >= 0.6 is 11.6 Å². The largest absolute Gasteiger partial charge is 0.390 e. The Morgan fingerprint density at radius 2 is 2.06 bits per heavy atom. The van der Waals surface area contributed by atoms with Crippen molar-refractivity contribution in [3.8, 4) is 0 Å². The topological polar surface area (TPSA) is 59.1 Å². The summed E-state index contributed by atoms with van der Waals surface area (Å²) in [6, 6.07) is 2.19. The smallest absolute Gasteiger partial charge is 0.244 e. The number of alkyl halides is 3. The number of halogens is 4. The summed E-state index contributed by atoms with van der Waals surface area (Å²) in [6.07, 6.45) is -4.48. The Kier molecular flexibility index (Phi) is 4.34. The summed E-state index contributed by atoms with van der Waals surface area (Å²) in [5.41, 5.74) is 0. The summed E-state index contributed by atoms with van der Waals surface area (Å²) >= 11 is 5.47. The molecule has 1 aromatic heterocycles. The fraction of sp³-hybridized carbons (Fsp3) is 0.375. The Hall–Kier alpha value is -0.860. The molecule has 0 saturated heterocycles. The third kappa shape index (κ3) is 4.88. The van der Waals surface area contributed by atoms with Crippen LogP contribution in [-0.4, -0.2) is 26.1 Å². The summed E-state index contributed by atoms with van der Waals surface area (Å²) in [5, 5.41) is -0.0521. The molecule has 0 amide bonds. The lowest BCUT2D eigenvalue weighted by atomic mass is 10.4. The first-order valence-corrected chi connectivity index (χ1v) is 6.25. The molecule has 96 valence electrons. The zero-order chi connectivity index (χ0) is 13.1. The summed E-state index contributed by atoms with van der Waals surface area (Å²) in [5.74, 6) is 0. The zero-order valence-corrected chi connectivity index (χ0v) is 9.90. The van der Waals surface area contributed by atoms with Crippen molar-refractivity contribution in [2.45, 2.75) is 17.5 Å². The molecule has 17 heavy (non-hydrogen) atoms. The van der Waals surface area contributed by atoms with Gasteiger partial charge in [-0.1, -0.05) is 11.6 Å². The van der Waals surface area contributed by atoms with Crippen LogP contribution in [0.2, 0.25) is 5.15 Å². The van der Waals surface area contributed by atoms with E-state index in [0.29, 0.717) is 0 Å². The number of rotatable bonds is 4. The van der Waals surface area contributed by atoms with Gasteiger partial charge in [-0.3, -0.25) is 0 Å². The summed E-state index contributed by atoms with van der Waals surface area (Å²) < 4.78 is 60.3. The van der Waals surface area contributed by atoms with E-state index in [9.17, 15) is 21.6 Å². The van der Waals surface area contributed by atoms with Crippen molar-refractivity contribution in [2.24, 2.45) is 0 Å². The van der Waals surface area contributed by atoms with Crippen molar-refractivity contribution in [3.05, 3.63) is 23.5 Å². The molecule has 0 unspecified atom stereocenters. The van der Waals surface area contributed by atoms with Crippen LogP contribution in [0.1, 0.15) is 6.42 Å². The molecule has 1 aromatic rings. The first kappa shape index (κ1) is 14.2. The van der Waals surface area contributed by atoms with Gasteiger partial charge in [0.1, 0.15) is 5.15 Å². The SMILES string of the molecule is O=S(=O)(NCCC(F)(F)F)c1ccnc(Cl)c1. The Morgan fingerprint density at radius 3 is 2.59 bits per heavy atom. The van der Waals surface area contributed by atoms with E-state index in [2.05, 4.69) is 4.98 Å². The van der Waals surface area contributed by atoms with E-state index in [4.69, 9.17) is 11.6 Å². The van der Waals surface area contributed by atoms with Gasteiger partial charge in [0.15, 0.2) is 0 Å². The van der Waals surface area contributed by atoms with Crippen molar-refractivity contribution < 1.29 is 21.6 Å². The van der Waals surface area contributed by atoms with E-state index in [1.54, 1.807) is 0 Å². The standard InChI is InChI=1S/C8H8ClF3N2O2S/c9-7-5-6(1-3-13-7)17(15,16)14-4-2-8(10,11)12/h1,3,5,14H,2,4H2. The van der Waals surface area contributed by atoms with Crippen LogP contribution in [0.25, 0.3) is 0 Å². The first-order valence-electron chi connectivity index (χ1n) is 4.39. The van der Waals surface area contributed by atoms with E-state index in [1.807, 2.05) is 4.72 Å². The predicted molar refractivity (Wildman–Crippen MR) is 55.1 cm³/mol. The molecule has 1 N–H and O–H groups in total. The second-order valence-corrected chi connectivity index (χ2v) is 5.23. The third-order valence-electron chi connectivity index (χ3n) is 1.71. The summed E-state index contributed by atoms with van der Waals surface area (Å²) in [7, 11) is -3.98. The molecule has 0 radical (unpaired) electrons. The van der Waals surface area contributed by atoms with Crippen molar-refractivity contribution in [1.29, 1.82) is 0 Å². The zero-order valence-electron chi connectivity index (χ0n) is 8.33. The van der Waals surface area contributed by atoms with Crippen LogP contribution in [0.3, 0.4) is 0 Å². The Morgan fingerprint density at radius 1 is 1.41 bits per heavy atom. The Labute approximate surface area is 101 Å². The molecule has 0 aliphatic carbocycles. The average molecular weight is 289 g/mol. The van der Waals surface area contributed by atoms with Gasteiger partial charge < -0.3 is 0 Å². The quantitative estimate of drug-likeness (QED) is 0.862. The van der Waals surface area contributed by atoms with E-state index in [0.717, 1.165) is 18.3 Å². The van der Waals surface area contributed by atoms with Crippen LogP contribution in [0.4, 0.5) is 13.2 Å². The minimum atomic E-state index is -4.40. The normalized spacial score (nSPS) is 12.7.